The van der Waals surface area contributed by atoms with Crippen LogP contribution in [0.5, 0.6) is 0 Å². The normalized spacial score (nSPS) is 19.0. The van der Waals surface area contributed by atoms with Gasteiger partial charge in [0.05, 0.1) is 11.4 Å². The third kappa shape index (κ3) is 5.27. The molecule has 0 bridgehead atoms. The van der Waals surface area contributed by atoms with Crippen molar-refractivity contribution in [3.63, 3.8) is 0 Å². The van der Waals surface area contributed by atoms with Crippen LogP contribution in [0.3, 0.4) is 0 Å². The second kappa shape index (κ2) is 11.2. The molecule has 2 fully saturated rings. The molecular weight excluding hydrogens is 458 g/mol. The zero-order valence-corrected chi connectivity index (χ0v) is 20.6. The molecular formula is C27H34N5O4-. The molecule has 2 saturated heterocycles. The molecule has 0 atom stereocenters. The Morgan fingerprint density at radius 3 is 2.56 bits per heavy atom. The lowest BCUT2D eigenvalue weighted by Gasteiger charge is -2.41. The van der Waals surface area contributed by atoms with Crippen molar-refractivity contribution in [2.24, 2.45) is 0 Å². The summed E-state index contributed by atoms with van der Waals surface area (Å²) in [4.78, 5) is 31.5. The van der Waals surface area contributed by atoms with Crippen LogP contribution in [0, 0.1) is 5.21 Å². The molecule has 2 N–H and O–H groups in total. The molecule has 0 radical (unpaired) electrons. The van der Waals surface area contributed by atoms with E-state index in [9.17, 15) is 14.8 Å². The number of hydrogen-bond acceptors (Lipinski definition) is 7. The maximum Gasteiger partial charge on any atom is 0.414 e. The van der Waals surface area contributed by atoms with Gasteiger partial charge in [0, 0.05) is 49.0 Å². The van der Waals surface area contributed by atoms with E-state index < -0.39 is 0 Å². The fourth-order valence-corrected chi connectivity index (χ4v) is 5.53. The Morgan fingerprint density at radius 2 is 1.78 bits per heavy atom. The summed E-state index contributed by atoms with van der Waals surface area (Å²) >= 11 is 0. The van der Waals surface area contributed by atoms with Crippen molar-refractivity contribution in [3.05, 3.63) is 58.8 Å². The van der Waals surface area contributed by atoms with E-state index in [2.05, 4.69) is 15.1 Å². The molecule has 3 aliphatic rings. The smallest absolute Gasteiger partial charge is 0.414 e. The summed E-state index contributed by atoms with van der Waals surface area (Å²) in [6, 6.07) is 13.1. The van der Waals surface area contributed by atoms with E-state index in [1.165, 1.54) is 19.3 Å². The monoisotopic (exact) mass is 492 g/mol. The van der Waals surface area contributed by atoms with Gasteiger partial charge in [-0.1, -0.05) is 24.6 Å². The van der Waals surface area contributed by atoms with E-state index in [-0.39, 0.29) is 18.0 Å². The maximum atomic E-state index is 12.7. The molecule has 0 aliphatic carbocycles. The topological polar surface area (TPSA) is 100 Å². The van der Waals surface area contributed by atoms with Gasteiger partial charge in [-0.15, -0.1) is 0 Å². The van der Waals surface area contributed by atoms with Crippen LogP contribution in [0.1, 0.15) is 48.0 Å². The summed E-state index contributed by atoms with van der Waals surface area (Å²) in [6.07, 6.45) is 4.93. The number of nitrogens with zero attached hydrogens (tertiary/aromatic N) is 3. The Hall–Kier alpha value is -3.30. The number of carbonyl (C=O) groups excluding carboxylic acids is 2. The number of anilines is 3. The number of para-hydroxylation sites is 1. The molecule has 0 aromatic heterocycles. The van der Waals surface area contributed by atoms with Crippen LogP contribution in [0.2, 0.25) is 0 Å². The van der Waals surface area contributed by atoms with Crippen molar-refractivity contribution in [1.82, 2.24) is 10.2 Å². The number of rotatable bonds is 7. The van der Waals surface area contributed by atoms with Gasteiger partial charge in [0.15, 0.2) is 0 Å². The molecule has 2 amide bonds. The molecule has 3 aliphatic heterocycles. The quantitative estimate of drug-likeness (QED) is 0.565. The minimum absolute atomic E-state index is 0.0313. The van der Waals surface area contributed by atoms with E-state index in [1.807, 2.05) is 35.8 Å². The lowest BCUT2D eigenvalue weighted by Crippen LogP contribution is -2.49. The number of piperidine rings is 2. The van der Waals surface area contributed by atoms with Crippen molar-refractivity contribution in [2.75, 3.05) is 54.5 Å². The second-order valence-electron chi connectivity index (χ2n) is 9.76. The number of ether oxygens (including phenoxy) is 1. The molecule has 9 nitrogen and oxygen atoms in total. The lowest BCUT2D eigenvalue weighted by molar-refractivity contribution is 0.0946. The summed E-state index contributed by atoms with van der Waals surface area (Å²) in [5.41, 5.74) is 5.60. The molecule has 2 aromatic rings. The third-order valence-electron chi connectivity index (χ3n) is 7.50. The van der Waals surface area contributed by atoms with Gasteiger partial charge >= 0.3 is 6.09 Å². The molecule has 0 unspecified atom stereocenters. The van der Waals surface area contributed by atoms with Crippen LogP contribution in [-0.4, -0.2) is 62.2 Å². The van der Waals surface area contributed by atoms with E-state index in [4.69, 9.17) is 4.74 Å². The number of nitrogens with one attached hydrogen (secondary N) is 2. The fourth-order valence-electron chi connectivity index (χ4n) is 5.53. The summed E-state index contributed by atoms with van der Waals surface area (Å²) in [5, 5.41) is 14.8. The molecule has 5 rings (SSSR count). The van der Waals surface area contributed by atoms with E-state index in [0.29, 0.717) is 37.5 Å². The summed E-state index contributed by atoms with van der Waals surface area (Å²) < 4.78 is 5.40. The van der Waals surface area contributed by atoms with Gasteiger partial charge in [-0.2, -0.15) is 0 Å². The molecule has 192 valence electrons. The van der Waals surface area contributed by atoms with Crippen molar-refractivity contribution < 1.29 is 14.3 Å². The van der Waals surface area contributed by atoms with Crippen molar-refractivity contribution in [1.29, 1.82) is 0 Å². The van der Waals surface area contributed by atoms with Gasteiger partial charge in [0.25, 0.3) is 5.91 Å². The summed E-state index contributed by atoms with van der Waals surface area (Å²) in [6.45, 7) is 5.31. The fraction of sp³-hybridized carbons (Fsp3) is 0.481. The summed E-state index contributed by atoms with van der Waals surface area (Å²) in [5.74, 6) is -0.170. The Bertz CT molecular complexity index is 1080. The first-order valence-corrected chi connectivity index (χ1v) is 13.0. The molecule has 3 heterocycles. The lowest BCUT2D eigenvalue weighted by atomic mass is 9.99. The summed E-state index contributed by atoms with van der Waals surface area (Å²) in [7, 11) is 0. The molecule has 0 saturated carbocycles. The van der Waals surface area contributed by atoms with Gasteiger partial charge in [0.1, 0.15) is 6.61 Å². The number of likely N-dealkylation sites (tertiary alicyclic amines) is 1. The zero-order chi connectivity index (χ0) is 24.9. The van der Waals surface area contributed by atoms with Crippen LogP contribution < -0.4 is 20.6 Å². The minimum atomic E-state index is -0.301. The average Bonchev–Trinajstić information content (AvgIpc) is 2.93. The molecule has 2 aromatic carbocycles. The molecule has 36 heavy (non-hydrogen) atoms. The van der Waals surface area contributed by atoms with Gasteiger partial charge in [-0.25, -0.2) is 4.79 Å². The van der Waals surface area contributed by atoms with Crippen LogP contribution in [0.25, 0.3) is 0 Å². The highest BCUT2D eigenvalue weighted by Crippen LogP contribution is 2.34. The van der Waals surface area contributed by atoms with Crippen molar-refractivity contribution >= 4 is 29.1 Å². The van der Waals surface area contributed by atoms with Crippen LogP contribution >= 0.6 is 0 Å². The Balaban J connectivity index is 1.19. The highest BCUT2D eigenvalue weighted by Gasteiger charge is 2.34. The Kier molecular flexibility index (Phi) is 7.58. The minimum Gasteiger partial charge on any atom is -0.761 e. The zero-order valence-electron chi connectivity index (χ0n) is 20.6. The number of hydrogen-bond donors (Lipinski definition) is 2. The number of amides is 2. The van der Waals surface area contributed by atoms with Crippen LogP contribution in [0.15, 0.2) is 42.5 Å². The standard InChI is InChI=1S/C27H34N5O4/c33-26(28-12-17-30-13-4-1-5-14-30)20-8-9-25(23(18-20)29-35)31-15-10-22(11-16-31)32-24-7-3-2-6-21(24)19-36-27(32)34/h2-3,6-9,18,22,29H,1,4-5,10-17,19H2,(H,28,33)/q-1. The van der Waals surface area contributed by atoms with Gasteiger partial charge in [0.2, 0.25) is 0 Å². The van der Waals surface area contributed by atoms with Crippen molar-refractivity contribution in [3.8, 4) is 0 Å². The highest BCUT2D eigenvalue weighted by molar-refractivity contribution is 5.96. The largest absolute Gasteiger partial charge is 0.761 e. The SMILES string of the molecule is O=C(NCCN1CCCCC1)c1ccc(N2CCC(N3C(=O)OCc4ccccc43)CC2)c(N[O-])c1. The predicted octanol–water partition coefficient (Wildman–Crippen LogP) is 3.94. The van der Waals surface area contributed by atoms with E-state index in [1.54, 1.807) is 17.0 Å². The molecule has 9 heteroatoms. The Labute approximate surface area is 212 Å². The average molecular weight is 493 g/mol. The van der Waals surface area contributed by atoms with E-state index >= 15 is 0 Å². The van der Waals surface area contributed by atoms with Crippen LogP contribution in [-0.2, 0) is 11.3 Å². The number of fused-ring (bicyclic) bond motifs is 1. The number of benzene rings is 2. The Morgan fingerprint density at radius 1 is 1.00 bits per heavy atom. The second-order valence-corrected chi connectivity index (χ2v) is 9.76. The van der Waals surface area contributed by atoms with Gasteiger partial charge < -0.3 is 30.5 Å². The van der Waals surface area contributed by atoms with Crippen LogP contribution in [0.4, 0.5) is 21.9 Å². The third-order valence-corrected chi connectivity index (χ3v) is 7.50. The molecule has 0 spiro atoms. The van der Waals surface area contributed by atoms with Crippen molar-refractivity contribution in [2.45, 2.75) is 44.8 Å². The number of cyclic esters (lactones) is 1. The first-order valence-electron chi connectivity index (χ1n) is 13.0. The van der Waals surface area contributed by atoms with Gasteiger partial charge in [-0.05, 0) is 63.0 Å². The maximum absolute atomic E-state index is 12.7. The number of carbonyl (C=O) groups is 2. The van der Waals surface area contributed by atoms with E-state index in [0.717, 1.165) is 49.4 Å². The predicted molar refractivity (Wildman–Crippen MR) is 140 cm³/mol. The first kappa shape index (κ1) is 24.4. The van der Waals surface area contributed by atoms with Gasteiger partial charge in [-0.3, -0.25) is 9.69 Å². The highest BCUT2D eigenvalue weighted by atomic mass is 16.6. The first-order chi connectivity index (χ1) is 17.6.